The van der Waals surface area contributed by atoms with E-state index in [4.69, 9.17) is 10.5 Å². The Balaban J connectivity index is 2.76. The molecule has 0 heterocycles. The second kappa shape index (κ2) is 8.77. The van der Waals surface area contributed by atoms with Crippen molar-refractivity contribution in [1.82, 2.24) is 4.90 Å². The summed E-state index contributed by atoms with van der Waals surface area (Å²) in [5, 5.41) is 9.81. The first-order valence-corrected chi connectivity index (χ1v) is 7.27. The number of benzene rings is 1. The summed E-state index contributed by atoms with van der Waals surface area (Å²) >= 11 is 0. The first-order chi connectivity index (χ1) is 10.5. The third kappa shape index (κ3) is 4.84. The van der Waals surface area contributed by atoms with Crippen LogP contribution in [0.3, 0.4) is 0 Å². The fourth-order valence-electron chi connectivity index (χ4n) is 2.10. The number of anilines is 1. The molecule has 5 nitrogen and oxygen atoms in total. The molecule has 22 heavy (non-hydrogen) atoms. The van der Waals surface area contributed by atoms with Crippen molar-refractivity contribution in [3.8, 4) is 11.5 Å². The summed E-state index contributed by atoms with van der Waals surface area (Å²) in [5.41, 5.74) is 6.86. The van der Waals surface area contributed by atoms with Gasteiger partial charge in [-0.3, -0.25) is 4.79 Å². The number of rotatable bonds is 9. The molecule has 5 heteroatoms. The standard InChI is InChI=1S/C17H24N2O3/c1-4-9-19(10-5-2)16(20)8-7-13-11-14(18)17(21)15(12-13)22-6-3/h4-5,11-12,21H,1-2,6-10,18H2,3H3. The van der Waals surface area contributed by atoms with Crippen LogP contribution in [0.5, 0.6) is 11.5 Å². The van der Waals surface area contributed by atoms with Crippen molar-refractivity contribution >= 4 is 11.6 Å². The molecule has 0 saturated heterocycles. The molecule has 0 bridgehead atoms. The monoisotopic (exact) mass is 304 g/mol. The zero-order valence-electron chi connectivity index (χ0n) is 13.0. The third-order valence-corrected chi connectivity index (χ3v) is 3.14. The van der Waals surface area contributed by atoms with Crippen molar-refractivity contribution in [2.24, 2.45) is 0 Å². The number of hydrogen-bond donors (Lipinski definition) is 2. The van der Waals surface area contributed by atoms with Crippen LogP contribution in [0.1, 0.15) is 18.9 Å². The molecule has 0 aliphatic rings. The highest BCUT2D eigenvalue weighted by molar-refractivity contribution is 5.77. The summed E-state index contributed by atoms with van der Waals surface area (Å²) < 4.78 is 5.34. The SMILES string of the molecule is C=CCN(CC=C)C(=O)CCc1cc(N)c(O)c(OCC)c1. The molecule has 0 saturated carbocycles. The smallest absolute Gasteiger partial charge is 0.223 e. The average Bonchev–Trinajstić information content (AvgIpc) is 2.49. The minimum absolute atomic E-state index is 0.0180. The molecule has 0 fully saturated rings. The van der Waals surface area contributed by atoms with Crippen LogP contribution in [0.25, 0.3) is 0 Å². The number of carbonyl (C=O) groups is 1. The number of phenols is 1. The van der Waals surface area contributed by atoms with Gasteiger partial charge < -0.3 is 20.5 Å². The molecule has 0 atom stereocenters. The van der Waals surface area contributed by atoms with Gasteiger partial charge in [-0.2, -0.15) is 0 Å². The summed E-state index contributed by atoms with van der Waals surface area (Å²) in [4.78, 5) is 13.9. The lowest BCUT2D eigenvalue weighted by Crippen LogP contribution is -2.31. The van der Waals surface area contributed by atoms with E-state index < -0.39 is 0 Å². The van der Waals surface area contributed by atoms with Gasteiger partial charge in [-0.1, -0.05) is 12.2 Å². The van der Waals surface area contributed by atoms with E-state index in [-0.39, 0.29) is 17.3 Å². The highest BCUT2D eigenvalue weighted by atomic mass is 16.5. The third-order valence-electron chi connectivity index (χ3n) is 3.14. The summed E-state index contributed by atoms with van der Waals surface area (Å²) in [7, 11) is 0. The van der Waals surface area contributed by atoms with Gasteiger partial charge in [-0.05, 0) is 31.0 Å². The molecule has 0 spiro atoms. The topological polar surface area (TPSA) is 75.8 Å². The number of ether oxygens (including phenoxy) is 1. The molecule has 1 aromatic rings. The van der Waals surface area contributed by atoms with Gasteiger partial charge in [-0.25, -0.2) is 0 Å². The van der Waals surface area contributed by atoms with Crippen molar-refractivity contribution < 1.29 is 14.6 Å². The Kier molecular flexibility index (Phi) is 7.02. The van der Waals surface area contributed by atoms with E-state index in [1.165, 1.54) is 0 Å². The van der Waals surface area contributed by atoms with E-state index in [0.717, 1.165) is 5.56 Å². The van der Waals surface area contributed by atoms with Crippen LogP contribution >= 0.6 is 0 Å². The Bertz CT molecular complexity index is 531. The predicted molar refractivity (Wildman–Crippen MR) is 89.0 cm³/mol. The number of aromatic hydroxyl groups is 1. The molecule has 0 unspecified atom stereocenters. The largest absolute Gasteiger partial charge is 0.503 e. The lowest BCUT2D eigenvalue weighted by Gasteiger charge is -2.19. The van der Waals surface area contributed by atoms with E-state index in [9.17, 15) is 9.90 Å². The normalized spacial score (nSPS) is 10.0. The van der Waals surface area contributed by atoms with Gasteiger partial charge in [0, 0.05) is 19.5 Å². The molecule has 0 aliphatic heterocycles. The summed E-state index contributed by atoms with van der Waals surface area (Å²) in [6.07, 6.45) is 4.24. The maximum absolute atomic E-state index is 12.2. The minimum atomic E-state index is -0.0585. The number of aryl methyl sites for hydroxylation is 1. The fraction of sp³-hybridized carbons (Fsp3) is 0.353. The van der Waals surface area contributed by atoms with Crippen LogP contribution in [0.2, 0.25) is 0 Å². The number of phenolic OH excluding ortho intramolecular Hbond substituents is 1. The molecular formula is C17H24N2O3. The Morgan fingerprint density at radius 3 is 2.55 bits per heavy atom. The maximum Gasteiger partial charge on any atom is 0.223 e. The Hall–Kier alpha value is -2.43. The quantitative estimate of drug-likeness (QED) is 0.417. The lowest BCUT2D eigenvalue weighted by atomic mass is 10.1. The molecule has 1 amide bonds. The number of nitrogens with zero attached hydrogens (tertiary/aromatic N) is 1. The zero-order chi connectivity index (χ0) is 16.5. The summed E-state index contributed by atoms with van der Waals surface area (Å²) in [6, 6.07) is 3.38. The highest BCUT2D eigenvalue weighted by Crippen LogP contribution is 2.34. The number of carbonyl (C=O) groups excluding carboxylic acids is 1. The Morgan fingerprint density at radius 2 is 2.00 bits per heavy atom. The second-order valence-electron chi connectivity index (χ2n) is 4.84. The second-order valence-corrected chi connectivity index (χ2v) is 4.84. The Morgan fingerprint density at radius 1 is 1.36 bits per heavy atom. The van der Waals surface area contributed by atoms with E-state index >= 15 is 0 Å². The molecule has 0 aromatic heterocycles. The van der Waals surface area contributed by atoms with Gasteiger partial charge in [0.05, 0.1) is 12.3 Å². The summed E-state index contributed by atoms with van der Waals surface area (Å²) in [6.45, 7) is 10.5. The van der Waals surface area contributed by atoms with Gasteiger partial charge in [0.1, 0.15) is 0 Å². The molecule has 120 valence electrons. The molecule has 0 radical (unpaired) electrons. The van der Waals surface area contributed by atoms with Crippen molar-refractivity contribution in [3.63, 3.8) is 0 Å². The van der Waals surface area contributed by atoms with Gasteiger partial charge >= 0.3 is 0 Å². The van der Waals surface area contributed by atoms with Crippen LogP contribution in [-0.2, 0) is 11.2 Å². The van der Waals surface area contributed by atoms with Gasteiger partial charge in [0.25, 0.3) is 0 Å². The van der Waals surface area contributed by atoms with Crippen LogP contribution in [0.4, 0.5) is 5.69 Å². The Labute approximate surface area is 131 Å². The van der Waals surface area contributed by atoms with Crippen molar-refractivity contribution in [3.05, 3.63) is 43.0 Å². The number of nitrogen functional groups attached to an aromatic ring is 1. The first kappa shape index (κ1) is 17.6. The number of hydrogen-bond acceptors (Lipinski definition) is 4. The molecule has 1 rings (SSSR count). The van der Waals surface area contributed by atoms with E-state index in [0.29, 0.717) is 38.3 Å². The van der Waals surface area contributed by atoms with Gasteiger partial charge in [0.2, 0.25) is 5.91 Å². The molecule has 3 N–H and O–H groups in total. The highest BCUT2D eigenvalue weighted by Gasteiger charge is 2.13. The van der Waals surface area contributed by atoms with Crippen molar-refractivity contribution in [2.75, 3.05) is 25.4 Å². The maximum atomic E-state index is 12.2. The average molecular weight is 304 g/mol. The van der Waals surface area contributed by atoms with E-state index in [2.05, 4.69) is 13.2 Å². The fourth-order valence-corrected chi connectivity index (χ4v) is 2.10. The van der Waals surface area contributed by atoms with Crippen molar-refractivity contribution in [2.45, 2.75) is 19.8 Å². The van der Waals surface area contributed by atoms with Gasteiger partial charge in [0.15, 0.2) is 11.5 Å². The van der Waals surface area contributed by atoms with Gasteiger partial charge in [-0.15, -0.1) is 13.2 Å². The molecular weight excluding hydrogens is 280 g/mol. The van der Waals surface area contributed by atoms with Crippen LogP contribution in [-0.4, -0.2) is 35.6 Å². The predicted octanol–water partition coefficient (Wildman–Crippen LogP) is 2.51. The van der Waals surface area contributed by atoms with E-state index in [1.54, 1.807) is 29.2 Å². The lowest BCUT2D eigenvalue weighted by molar-refractivity contribution is -0.130. The molecule has 1 aromatic carbocycles. The van der Waals surface area contributed by atoms with Crippen LogP contribution < -0.4 is 10.5 Å². The number of amides is 1. The van der Waals surface area contributed by atoms with E-state index in [1.807, 2.05) is 6.92 Å². The van der Waals surface area contributed by atoms with Crippen molar-refractivity contribution in [1.29, 1.82) is 0 Å². The van der Waals surface area contributed by atoms with Crippen LogP contribution in [0.15, 0.2) is 37.4 Å². The van der Waals surface area contributed by atoms with Crippen LogP contribution in [0, 0.1) is 0 Å². The minimum Gasteiger partial charge on any atom is -0.503 e. The number of nitrogens with two attached hydrogens (primary N) is 1. The summed E-state index contributed by atoms with van der Waals surface area (Å²) in [5.74, 6) is 0.306. The molecule has 0 aliphatic carbocycles. The first-order valence-electron chi connectivity index (χ1n) is 7.27. The zero-order valence-corrected chi connectivity index (χ0v) is 13.0.